The zero-order chi connectivity index (χ0) is 15.4. The van der Waals surface area contributed by atoms with Gasteiger partial charge in [-0.05, 0) is 58.1 Å². The van der Waals surface area contributed by atoms with E-state index in [1.54, 1.807) is 0 Å². The predicted octanol–water partition coefficient (Wildman–Crippen LogP) is 3.12. The molecule has 1 aliphatic rings. The summed E-state index contributed by atoms with van der Waals surface area (Å²) in [4.78, 5) is 9.45. The molecule has 0 aromatic carbocycles. The van der Waals surface area contributed by atoms with Crippen LogP contribution in [0.25, 0.3) is 0 Å². The van der Waals surface area contributed by atoms with E-state index in [4.69, 9.17) is 14.7 Å². The Morgan fingerprint density at radius 1 is 1.19 bits per heavy atom. The van der Waals surface area contributed by atoms with Crippen molar-refractivity contribution in [2.24, 2.45) is 5.92 Å². The molecule has 0 spiro atoms. The van der Waals surface area contributed by atoms with Gasteiger partial charge in [0.05, 0.1) is 0 Å². The second kappa shape index (κ2) is 7.32. The molecule has 0 amide bonds. The van der Waals surface area contributed by atoms with Crippen molar-refractivity contribution in [3.05, 3.63) is 22.8 Å². The third kappa shape index (κ3) is 4.48. The van der Waals surface area contributed by atoms with E-state index in [1.807, 2.05) is 6.92 Å². The molecule has 1 atom stereocenters. The van der Waals surface area contributed by atoms with Crippen molar-refractivity contribution >= 4 is 0 Å². The van der Waals surface area contributed by atoms with Gasteiger partial charge in [0.15, 0.2) is 5.82 Å². The Kier molecular flexibility index (Phi) is 5.71. The number of ether oxygens (including phenoxy) is 1. The summed E-state index contributed by atoms with van der Waals surface area (Å²) in [5.41, 5.74) is 3.48. The van der Waals surface area contributed by atoms with Crippen LogP contribution in [0.2, 0.25) is 0 Å². The van der Waals surface area contributed by atoms with Crippen molar-refractivity contribution in [3.8, 4) is 0 Å². The Morgan fingerprint density at radius 2 is 1.81 bits per heavy atom. The maximum absolute atomic E-state index is 5.82. The minimum atomic E-state index is -0.00830. The van der Waals surface area contributed by atoms with Gasteiger partial charge in [0.2, 0.25) is 0 Å². The van der Waals surface area contributed by atoms with E-state index < -0.39 is 0 Å². The third-order valence-corrected chi connectivity index (χ3v) is 4.03. The largest absolute Gasteiger partial charge is 0.370 e. The summed E-state index contributed by atoms with van der Waals surface area (Å²) in [6.07, 6.45) is 3.66. The minimum Gasteiger partial charge on any atom is -0.370 e. The molecule has 1 N–H and O–H groups in total. The zero-order valence-electron chi connectivity index (χ0n) is 14.1. The van der Waals surface area contributed by atoms with Crippen molar-refractivity contribution in [2.45, 2.75) is 66.0 Å². The minimum absolute atomic E-state index is 0.00830. The van der Waals surface area contributed by atoms with Crippen molar-refractivity contribution in [1.29, 1.82) is 0 Å². The summed E-state index contributed by atoms with van der Waals surface area (Å²) >= 11 is 0. The first-order chi connectivity index (χ1) is 10.0. The maximum atomic E-state index is 5.82. The van der Waals surface area contributed by atoms with Gasteiger partial charge in [-0.2, -0.15) is 0 Å². The van der Waals surface area contributed by atoms with Crippen molar-refractivity contribution in [2.75, 3.05) is 13.2 Å². The second-order valence-corrected chi connectivity index (χ2v) is 6.33. The van der Waals surface area contributed by atoms with Gasteiger partial charge in [-0.25, -0.2) is 9.97 Å². The van der Waals surface area contributed by atoms with Gasteiger partial charge in [-0.1, -0.05) is 13.8 Å². The number of rotatable bonds is 8. The van der Waals surface area contributed by atoms with Crippen molar-refractivity contribution in [1.82, 2.24) is 15.3 Å². The molecule has 4 nitrogen and oxygen atoms in total. The van der Waals surface area contributed by atoms with Gasteiger partial charge in [-0.15, -0.1) is 0 Å². The SMILES string of the molecule is CCOC(c1nc(C)c(CCNC2CC2)c(C)n1)C(C)C. The van der Waals surface area contributed by atoms with Crippen LogP contribution in [0, 0.1) is 19.8 Å². The van der Waals surface area contributed by atoms with E-state index in [0.717, 1.165) is 36.2 Å². The Hall–Kier alpha value is -1.00. The highest BCUT2D eigenvalue weighted by Crippen LogP contribution is 2.25. The fraction of sp³-hybridized carbons (Fsp3) is 0.765. The van der Waals surface area contributed by atoms with E-state index in [1.165, 1.54) is 18.4 Å². The Morgan fingerprint density at radius 3 is 2.29 bits per heavy atom. The number of nitrogens with zero attached hydrogens (tertiary/aromatic N) is 2. The van der Waals surface area contributed by atoms with Gasteiger partial charge < -0.3 is 10.1 Å². The Labute approximate surface area is 128 Å². The van der Waals surface area contributed by atoms with Gasteiger partial charge in [0.25, 0.3) is 0 Å². The number of hydrogen-bond acceptors (Lipinski definition) is 4. The smallest absolute Gasteiger partial charge is 0.157 e. The van der Waals surface area contributed by atoms with Gasteiger partial charge in [0, 0.05) is 24.0 Å². The number of aryl methyl sites for hydroxylation is 2. The van der Waals surface area contributed by atoms with Crippen LogP contribution in [0.1, 0.15) is 62.5 Å². The lowest BCUT2D eigenvalue weighted by molar-refractivity contribution is 0.0229. The topological polar surface area (TPSA) is 47.0 Å². The molecule has 2 rings (SSSR count). The molecule has 0 saturated heterocycles. The molecule has 1 aromatic rings. The molecule has 1 saturated carbocycles. The van der Waals surface area contributed by atoms with E-state index in [9.17, 15) is 0 Å². The quantitative estimate of drug-likeness (QED) is 0.799. The average Bonchev–Trinajstić information content (AvgIpc) is 3.22. The predicted molar refractivity (Wildman–Crippen MR) is 85.4 cm³/mol. The summed E-state index contributed by atoms with van der Waals surface area (Å²) in [5, 5.41) is 3.56. The van der Waals surface area contributed by atoms with Gasteiger partial charge >= 0.3 is 0 Å². The first kappa shape index (κ1) is 16.4. The van der Waals surface area contributed by atoms with E-state index in [0.29, 0.717) is 12.5 Å². The van der Waals surface area contributed by atoms with Crippen LogP contribution in [0.5, 0.6) is 0 Å². The second-order valence-electron chi connectivity index (χ2n) is 6.33. The summed E-state index contributed by atoms with van der Waals surface area (Å²) in [6, 6.07) is 0.758. The Bertz CT molecular complexity index is 446. The zero-order valence-corrected chi connectivity index (χ0v) is 14.1. The molecule has 0 aliphatic heterocycles. The highest BCUT2D eigenvalue weighted by atomic mass is 16.5. The molecule has 1 aliphatic carbocycles. The first-order valence-electron chi connectivity index (χ1n) is 8.21. The standard InChI is InChI=1S/C17H29N3O/c1-6-21-16(11(2)3)17-19-12(4)15(13(5)20-17)9-10-18-14-7-8-14/h11,14,16,18H,6-10H2,1-5H3. The number of aromatic nitrogens is 2. The van der Waals surface area contributed by atoms with Crippen LogP contribution in [-0.2, 0) is 11.2 Å². The molecule has 4 heteroatoms. The molecule has 118 valence electrons. The highest BCUT2D eigenvalue weighted by Gasteiger charge is 2.22. The van der Waals surface area contributed by atoms with E-state index >= 15 is 0 Å². The maximum Gasteiger partial charge on any atom is 0.157 e. The molecule has 0 radical (unpaired) electrons. The molecule has 21 heavy (non-hydrogen) atoms. The van der Waals surface area contributed by atoms with E-state index in [2.05, 4.69) is 33.0 Å². The number of hydrogen-bond donors (Lipinski definition) is 1. The van der Waals surface area contributed by atoms with Crippen LogP contribution in [0.4, 0.5) is 0 Å². The lowest BCUT2D eigenvalue weighted by atomic mass is 10.0. The lowest BCUT2D eigenvalue weighted by Crippen LogP contribution is -2.21. The van der Waals surface area contributed by atoms with Gasteiger partial charge in [-0.3, -0.25) is 0 Å². The van der Waals surface area contributed by atoms with Gasteiger partial charge in [0.1, 0.15) is 6.10 Å². The van der Waals surface area contributed by atoms with Crippen molar-refractivity contribution in [3.63, 3.8) is 0 Å². The molecule has 1 aromatic heterocycles. The summed E-state index contributed by atoms with van der Waals surface area (Å²) in [5.74, 6) is 1.21. The first-order valence-corrected chi connectivity index (χ1v) is 8.21. The summed E-state index contributed by atoms with van der Waals surface area (Å²) in [6.45, 7) is 12.2. The third-order valence-electron chi connectivity index (χ3n) is 4.03. The van der Waals surface area contributed by atoms with Crippen molar-refractivity contribution < 1.29 is 4.74 Å². The number of nitrogens with one attached hydrogen (secondary N) is 1. The molecular weight excluding hydrogens is 262 g/mol. The fourth-order valence-electron chi connectivity index (χ4n) is 2.69. The molecule has 0 bridgehead atoms. The monoisotopic (exact) mass is 291 g/mol. The van der Waals surface area contributed by atoms with Crippen LogP contribution in [0.15, 0.2) is 0 Å². The normalized spacial score (nSPS) is 16.5. The Balaban J connectivity index is 2.10. The average molecular weight is 291 g/mol. The fourth-order valence-corrected chi connectivity index (χ4v) is 2.69. The van der Waals surface area contributed by atoms with Crippen LogP contribution >= 0.6 is 0 Å². The molecular formula is C17H29N3O. The highest BCUT2D eigenvalue weighted by molar-refractivity contribution is 5.25. The lowest BCUT2D eigenvalue weighted by Gasteiger charge is -2.21. The molecule has 1 fully saturated rings. The van der Waals surface area contributed by atoms with Crippen LogP contribution in [0.3, 0.4) is 0 Å². The van der Waals surface area contributed by atoms with Crippen LogP contribution in [-0.4, -0.2) is 29.2 Å². The summed E-state index contributed by atoms with van der Waals surface area (Å²) in [7, 11) is 0. The van der Waals surface area contributed by atoms with E-state index in [-0.39, 0.29) is 6.10 Å². The molecule has 1 heterocycles. The molecule has 1 unspecified atom stereocenters. The summed E-state index contributed by atoms with van der Waals surface area (Å²) < 4.78 is 5.82. The van der Waals surface area contributed by atoms with Crippen LogP contribution < -0.4 is 5.32 Å².